The molecule has 1 aromatic carbocycles. The summed E-state index contributed by atoms with van der Waals surface area (Å²) < 4.78 is 0. The van der Waals surface area contributed by atoms with Crippen LogP contribution in [-0.2, 0) is 11.2 Å². The smallest absolute Gasteiger partial charge is 0.239 e. The Morgan fingerprint density at radius 1 is 1.13 bits per heavy atom. The molecule has 1 amide bonds. The van der Waals surface area contributed by atoms with Gasteiger partial charge in [0.2, 0.25) is 5.91 Å². The molecule has 0 bridgehead atoms. The highest BCUT2D eigenvalue weighted by atomic mass is 16.1. The third kappa shape index (κ3) is 6.72. The number of benzene rings is 1. The van der Waals surface area contributed by atoms with Gasteiger partial charge in [-0.1, -0.05) is 49.6 Å². The Bertz CT molecular complexity index is 495. The fraction of sp³-hybridized carbons (Fsp3) is 0.556. The summed E-state index contributed by atoms with van der Waals surface area (Å²) in [6.45, 7) is 0.903. The van der Waals surface area contributed by atoms with E-state index in [1.165, 1.54) is 37.7 Å². The lowest BCUT2D eigenvalue weighted by Gasteiger charge is -2.24. The predicted molar refractivity (Wildman–Crippen MR) is 94.5 cm³/mol. The summed E-state index contributed by atoms with van der Waals surface area (Å²) in [5.41, 5.74) is 1.23. The van der Waals surface area contributed by atoms with Crippen LogP contribution in [0.2, 0.25) is 0 Å². The summed E-state index contributed by atoms with van der Waals surface area (Å²) >= 11 is 0. The second kappa shape index (κ2) is 9.87. The van der Waals surface area contributed by atoms with Crippen molar-refractivity contribution in [3.05, 3.63) is 35.9 Å². The van der Waals surface area contributed by atoms with E-state index in [9.17, 15) is 4.79 Å². The topological polar surface area (TPSA) is 65.5 Å². The van der Waals surface area contributed by atoms with Gasteiger partial charge in [0, 0.05) is 19.6 Å². The van der Waals surface area contributed by atoms with Crippen molar-refractivity contribution in [2.75, 3.05) is 20.1 Å². The number of hydrogen-bond donors (Lipinski definition) is 3. The molecule has 0 aliphatic heterocycles. The summed E-state index contributed by atoms with van der Waals surface area (Å²) in [4.78, 5) is 16.1. The van der Waals surface area contributed by atoms with E-state index in [4.69, 9.17) is 0 Å². The van der Waals surface area contributed by atoms with Gasteiger partial charge in [0.25, 0.3) is 0 Å². The highest BCUT2D eigenvalue weighted by molar-refractivity contribution is 5.86. The highest BCUT2D eigenvalue weighted by Gasteiger charge is 2.14. The normalized spacial score (nSPS) is 16.0. The number of nitrogens with zero attached hydrogens (tertiary/aromatic N) is 1. The summed E-state index contributed by atoms with van der Waals surface area (Å²) in [6.07, 6.45) is 7.09. The maximum atomic E-state index is 11.9. The SMILES string of the molecule is CN=C(NCC(=O)NCCc1ccccc1)NC1CCCCC1. The van der Waals surface area contributed by atoms with Crippen molar-refractivity contribution < 1.29 is 4.79 Å². The first-order valence-electron chi connectivity index (χ1n) is 8.56. The summed E-state index contributed by atoms with van der Waals surface area (Å²) in [5.74, 6) is 0.711. The van der Waals surface area contributed by atoms with E-state index in [-0.39, 0.29) is 12.5 Å². The van der Waals surface area contributed by atoms with Crippen molar-refractivity contribution in [2.45, 2.75) is 44.6 Å². The van der Waals surface area contributed by atoms with Gasteiger partial charge in [-0.25, -0.2) is 0 Å². The Morgan fingerprint density at radius 2 is 1.87 bits per heavy atom. The number of rotatable bonds is 6. The Kier molecular flexibility index (Phi) is 7.43. The van der Waals surface area contributed by atoms with Gasteiger partial charge >= 0.3 is 0 Å². The molecule has 2 rings (SSSR count). The van der Waals surface area contributed by atoms with Crippen molar-refractivity contribution in [1.29, 1.82) is 0 Å². The van der Waals surface area contributed by atoms with Gasteiger partial charge in [0.05, 0.1) is 6.54 Å². The number of aliphatic imine (C=N–C) groups is 1. The lowest BCUT2D eigenvalue weighted by atomic mass is 9.96. The van der Waals surface area contributed by atoms with Crippen LogP contribution in [0, 0.1) is 0 Å². The van der Waals surface area contributed by atoms with Crippen LogP contribution in [0.5, 0.6) is 0 Å². The molecule has 1 saturated carbocycles. The van der Waals surface area contributed by atoms with Crippen molar-refractivity contribution in [3.63, 3.8) is 0 Å². The maximum absolute atomic E-state index is 11.9. The van der Waals surface area contributed by atoms with Crippen LogP contribution in [-0.4, -0.2) is 38.0 Å². The molecule has 126 valence electrons. The second-order valence-electron chi connectivity index (χ2n) is 5.99. The Morgan fingerprint density at radius 3 is 2.57 bits per heavy atom. The summed E-state index contributed by atoms with van der Waals surface area (Å²) in [6, 6.07) is 10.6. The number of carbonyl (C=O) groups excluding carboxylic acids is 1. The van der Waals surface area contributed by atoms with E-state index in [1.54, 1.807) is 7.05 Å². The van der Waals surface area contributed by atoms with E-state index in [0.29, 0.717) is 12.6 Å². The van der Waals surface area contributed by atoms with Gasteiger partial charge in [-0.15, -0.1) is 0 Å². The molecular weight excluding hydrogens is 288 g/mol. The van der Waals surface area contributed by atoms with E-state index in [2.05, 4.69) is 33.1 Å². The zero-order valence-electron chi connectivity index (χ0n) is 14.0. The molecule has 0 aromatic heterocycles. The average molecular weight is 316 g/mol. The van der Waals surface area contributed by atoms with E-state index < -0.39 is 0 Å². The molecule has 0 spiro atoms. The molecule has 0 unspecified atom stereocenters. The first-order valence-corrected chi connectivity index (χ1v) is 8.56. The predicted octanol–water partition coefficient (Wildman–Crippen LogP) is 1.84. The molecule has 1 aliphatic carbocycles. The third-order valence-electron chi connectivity index (χ3n) is 4.16. The van der Waals surface area contributed by atoms with Gasteiger partial charge in [-0.3, -0.25) is 9.79 Å². The van der Waals surface area contributed by atoms with E-state index in [1.807, 2.05) is 18.2 Å². The van der Waals surface area contributed by atoms with Crippen LogP contribution in [0.25, 0.3) is 0 Å². The Hall–Kier alpha value is -2.04. The molecule has 0 radical (unpaired) electrons. The van der Waals surface area contributed by atoms with Gasteiger partial charge in [-0.05, 0) is 24.8 Å². The fourth-order valence-corrected chi connectivity index (χ4v) is 2.85. The molecule has 3 N–H and O–H groups in total. The van der Waals surface area contributed by atoms with Gasteiger partial charge < -0.3 is 16.0 Å². The molecular formula is C18H28N4O. The number of guanidine groups is 1. The van der Waals surface area contributed by atoms with Crippen molar-refractivity contribution in [3.8, 4) is 0 Å². The molecule has 23 heavy (non-hydrogen) atoms. The van der Waals surface area contributed by atoms with Gasteiger partial charge in [0.1, 0.15) is 0 Å². The first-order chi connectivity index (χ1) is 11.3. The van der Waals surface area contributed by atoms with Crippen molar-refractivity contribution in [1.82, 2.24) is 16.0 Å². The van der Waals surface area contributed by atoms with E-state index in [0.717, 1.165) is 12.4 Å². The standard InChI is InChI=1S/C18H28N4O/c1-19-18(22-16-10-6-3-7-11-16)21-14-17(23)20-13-12-15-8-4-2-5-9-15/h2,4-5,8-9,16H,3,6-7,10-14H2,1H3,(H,20,23)(H2,19,21,22). The minimum absolute atomic E-state index is 0.00692. The van der Waals surface area contributed by atoms with E-state index >= 15 is 0 Å². The molecule has 1 fully saturated rings. The molecule has 5 nitrogen and oxygen atoms in total. The lowest BCUT2D eigenvalue weighted by molar-refractivity contribution is -0.119. The van der Waals surface area contributed by atoms with Crippen LogP contribution < -0.4 is 16.0 Å². The minimum atomic E-state index is -0.00692. The van der Waals surface area contributed by atoms with Crippen LogP contribution in [0.1, 0.15) is 37.7 Å². The Balaban J connectivity index is 1.62. The number of hydrogen-bond acceptors (Lipinski definition) is 2. The minimum Gasteiger partial charge on any atom is -0.354 e. The maximum Gasteiger partial charge on any atom is 0.239 e. The van der Waals surface area contributed by atoms with Gasteiger partial charge in [-0.2, -0.15) is 0 Å². The summed E-state index contributed by atoms with van der Waals surface area (Å²) in [5, 5.41) is 9.42. The molecule has 0 atom stereocenters. The molecule has 1 aromatic rings. The summed E-state index contributed by atoms with van der Waals surface area (Å²) in [7, 11) is 1.74. The number of amides is 1. The van der Waals surface area contributed by atoms with Crippen molar-refractivity contribution in [2.24, 2.45) is 4.99 Å². The zero-order chi connectivity index (χ0) is 16.3. The molecule has 0 saturated heterocycles. The fourth-order valence-electron chi connectivity index (χ4n) is 2.85. The van der Waals surface area contributed by atoms with Crippen LogP contribution in [0.4, 0.5) is 0 Å². The Labute approximate surface area is 139 Å². The average Bonchev–Trinajstić information content (AvgIpc) is 2.60. The highest BCUT2D eigenvalue weighted by Crippen LogP contribution is 2.17. The number of nitrogens with one attached hydrogen (secondary N) is 3. The number of carbonyl (C=O) groups is 1. The van der Waals surface area contributed by atoms with Gasteiger partial charge in [0.15, 0.2) is 5.96 Å². The monoisotopic (exact) mass is 316 g/mol. The lowest BCUT2D eigenvalue weighted by Crippen LogP contribution is -2.47. The van der Waals surface area contributed by atoms with Crippen molar-refractivity contribution >= 4 is 11.9 Å². The molecule has 5 heteroatoms. The molecule has 1 aliphatic rings. The first kappa shape index (κ1) is 17.3. The molecule has 0 heterocycles. The zero-order valence-corrected chi connectivity index (χ0v) is 14.0. The van der Waals surface area contributed by atoms with Crippen LogP contribution in [0.3, 0.4) is 0 Å². The third-order valence-corrected chi connectivity index (χ3v) is 4.16. The second-order valence-corrected chi connectivity index (χ2v) is 5.99. The largest absolute Gasteiger partial charge is 0.354 e. The quantitative estimate of drug-likeness (QED) is 0.554. The van der Waals surface area contributed by atoms with Crippen LogP contribution >= 0.6 is 0 Å². The van der Waals surface area contributed by atoms with Crippen LogP contribution in [0.15, 0.2) is 35.3 Å².